The molecule has 0 radical (unpaired) electrons. The standard InChI is InChI=1S/C58H35F3N6/c59-58(60,61)39-21-16-24-42(35-39)67-48-30-15-12-27-45(48)51-52-49(43-25-10-13-28-46(43)65(52)40-22-8-3-9-23-40)53-50(54(51)67)44-26-11-14-29-47(44)66(53)41-33-31-38(32-34-41)57-63-55(36-17-4-1-5-18-36)62-56(64-57)37-19-6-2-7-20-37/h1-35H. The van der Waals surface area contributed by atoms with Gasteiger partial charge in [-0.05, 0) is 72.8 Å². The Kier molecular flexibility index (Phi) is 8.57. The first kappa shape index (κ1) is 38.6. The van der Waals surface area contributed by atoms with E-state index in [9.17, 15) is 13.2 Å². The first-order chi connectivity index (χ1) is 32.9. The Morgan fingerprint density at radius 1 is 0.313 bits per heavy atom. The Hall–Kier alpha value is -8.82. The van der Waals surface area contributed by atoms with Crippen LogP contribution in [0.1, 0.15) is 5.56 Å². The van der Waals surface area contributed by atoms with Gasteiger partial charge in [0.25, 0.3) is 0 Å². The van der Waals surface area contributed by atoms with Gasteiger partial charge in [-0.25, -0.2) is 15.0 Å². The van der Waals surface area contributed by atoms with E-state index < -0.39 is 11.7 Å². The van der Waals surface area contributed by atoms with Gasteiger partial charge in [0.05, 0.1) is 38.7 Å². The molecular formula is C58H35F3N6. The van der Waals surface area contributed by atoms with E-state index in [-0.39, 0.29) is 0 Å². The molecule has 9 heteroatoms. The smallest absolute Gasteiger partial charge is 0.308 e. The molecule has 67 heavy (non-hydrogen) atoms. The summed E-state index contributed by atoms with van der Waals surface area (Å²) in [4.78, 5) is 14.9. The average molecular weight is 873 g/mol. The lowest BCUT2D eigenvalue weighted by Crippen LogP contribution is -2.06. The van der Waals surface area contributed by atoms with E-state index in [0.717, 1.165) is 99.5 Å². The summed E-state index contributed by atoms with van der Waals surface area (Å²) in [5.74, 6) is 1.70. The molecule has 318 valence electrons. The van der Waals surface area contributed by atoms with Gasteiger partial charge in [-0.3, -0.25) is 0 Å². The van der Waals surface area contributed by atoms with Crippen LogP contribution in [0.15, 0.2) is 212 Å². The van der Waals surface area contributed by atoms with E-state index in [1.54, 1.807) is 6.07 Å². The van der Waals surface area contributed by atoms with Crippen LogP contribution in [-0.4, -0.2) is 28.7 Å². The molecule has 0 bridgehead atoms. The molecule has 0 fully saturated rings. The Balaban J connectivity index is 1.16. The van der Waals surface area contributed by atoms with Gasteiger partial charge in [0.15, 0.2) is 17.5 Å². The van der Waals surface area contributed by atoms with Gasteiger partial charge in [-0.2, -0.15) is 13.2 Å². The van der Waals surface area contributed by atoms with E-state index in [1.165, 1.54) is 12.1 Å². The second-order valence-corrected chi connectivity index (χ2v) is 16.7. The highest BCUT2D eigenvalue weighted by Gasteiger charge is 2.32. The van der Waals surface area contributed by atoms with Crippen LogP contribution in [0.25, 0.3) is 117 Å². The second kappa shape index (κ2) is 14.9. The van der Waals surface area contributed by atoms with Crippen molar-refractivity contribution >= 4 is 65.4 Å². The zero-order valence-corrected chi connectivity index (χ0v) is 35.5. The lowest BCUT2D eigenvalue weighted by Gasteiger charge is -2.15. The van der Waals surface area contributed by atoms with Gasteiger partial charge in [-0.15, -0.1) is 0 Å². The van der Waals surface area contributed by atoms with Crippen molar-refractivity contribution in [1.82, 2.24) is 28.7 Å². The number of nitrogens with zero attached hydrogens (tertiary/aromatic N) is 6. The highest BCUT2D eigenvalue weighted by atomic mass is 19.4. The van der Waals surface area contributed by atoms with Crippen LogP contribution in [0, 0.1) is 0 Å². The fourth-order valence-corrected chi connectivity index (χ4v) is 10.0. The molecule has 0 saturated carbocycles. The first-order valence-corrected chi connectivity index (χ1v) is 22.0. The van der Waals surface area contributed by atoms with Crippen LogP contribution in [0.3, 0.4) is 0 Å². The minimum atomic E-state index is -4.53. The number of halogens is 3. The van der Waals surface area contributed by atoms with Gasteiger partial charge in [0.1, 0.15) is 0 Å². The Morgan fingerprint density at radius 2 is 0.657 bits per heavy atom. The fraction of sp³-hybridized carbons (Fsp3) is 0.0172. The van der Waals surface area contributed by atoms with E-state index in [4.69, 9.17) is 15.0 Å². The molecular weight excluding hydrogens is 838 g/mol. The second-order valence-electron chi connectivity index (χ2n) is 16.7. The lowest BCUT2D eigenvalue weighted by molar-refractivity contribution is -0.137. The Labute approximate surface area is 381 Å². The molecule has 4 aromatic heterocycles. The quantitative estimate of drug-likeness (QED) is 0.167. The fourth-order valence-electron chi connectivity index (χ4n) is 10.0. The third-order valence-electron chi connectivity index (χ3n) is 12.9. The molecule has 0 amide bonds. The normalized spacial score (nSPS) is 12.1. The van der Waals surface area contributed by atoms with E-state index in [1.807, 2.05) is 114 Å². The average Bonchev–Trinajstić information content (AvgIpc) is 4.03. The first-order valence-electron chi connectivity index (χ1n) is 22.0. The van der Waals surface area contributed by atoms with Crippen molar-refractivity contribution in [3.05, 3.63) is 218 Å². The molecule has 0 unspecified atom stereocenters. The van der Waals surface area contributed by atoms with Crippen LogP contribution in [0.4, 0.5) is 13.2 Å². The molecule has 4 heterocycles. The van der Waals surface area contributed by atoms with Crippen LogP contribution in [0.2, 0.25) is 0 Å². The number of benzene rings is 9. The SMILES string of the molecule is FC(F)(F)c1cccc(-n2c3ccccc3c3c4c(c5ccccc5n4-c4ccccc4)c4c(c5ccccc5n4-c4ccc(-c5nc(-c6ccccc6)nc(-c6ccccc6)n5)cc4)c32)c1. The number of aromatic nitrogens is 6. The van der Waals surface area contributed by atoms with Crippen LogP contribution in [0.5, 0.6) is 0 Å². The summed E-state index contributed by atoms with van der Waals surface area (Å²) >= 11 is 0. The summed E-state index contributed by atoms with van der Waals surface area (Å²) in [6, 6.07) is 68.9. The molecule has 6 nitrogen and oxygen atoms in total. The zero-order chi connectivity index (χ0) is 44.8. The molecule has 0 aliphatic rings. The molecule has 0 N–H and O–H groups in total. The Morgan fingerprint density at radius 3 is 1.09 bits per heavy atom. The molecule has 13 aromatic rings. The van der Waals surface area contributed by atoms with Gasteiger partial charge in [0, 0.05) is 66.1 Å². The lowest BCUT2D eigenvalue weighted by atomic mass is 10.0. The summed E-state index contributed by atoms with van der Waals surface area (Å²) in [6.45, 7) is 0. The minimum Gasteiger partial charge on any atom is -0.308 e. The largest absolute Gasteiger partial charge is 0.416 e. The van der Waals surface area contributed by atoms with Crippen LogP contribution in [-0.2, 0) is 6.18 Å². The monoisotopic (exact) mass is 872 g/mol. The predicted molar refractivity (Wildman–Crippen MR) is 264 cm³/mol. The maximum absolute atomic E-state index is 14.6. The highest BCUT2D eigenvalue weighted by molar-refractivity contribution is 6.40. The van der Waals surface area contributed by atoms with Crippen LogP contribution < -0.4 is 0 Å². The van der Waals surface area contributed by atoms with Crippen LogP contribution >= 0.6 is 0 Å². The molecule has 0 aliphatic heterocycles. The highest BCUT2D eigenvalue weighted by Crippen LogP contribution is 2.50. The molecule has 0 aliphatic carbocycles. The van der Waals surface area contributed by atoms with Crippen molar-refractivity contribution in [2.75, 3.05) is 0 Å². The maximum atomic E-state index is 14.6. The van der Waals surface area contributed by atoms with Crippen molar-refractivity contribution in [2.24, 2.45) is 0 Å². The van der Waals surface area contributed by atoms with E-state index >= 15 is 0 Å². The van der Waals surface area contributed by atoms with Gasteiger partial charge < -0.3 is 13.7 Å². The topological polar surface area (TPSA) is 53.5 Å². The minimum absolute atomic E-state index is 0.423. The summed E-state index contributed by atoms with van der Waals surface area (Å²) in [5, 5.41) is 5.88. The summed E-state index contributed by atoms with van der Waals surface area (Å²) < 4.78 is 50.3. The third-order valence-corrected chi connectivity index (χ3v) is 12.9. The number of para-hydroxylation sites is 4. The summed E-state index contributed by atoms with van der Waals surface area (Å²) in [7, 11) is 0. The molecule has 13 rings (SSSR count). The molecule has 0 atom stereocenters. The zero-order valence-electron chi connectivity index (χ0n) is 35.5. The molecule has 9 aromatic carbocycles. The van der Waals surface area contributed by atoms with Crippen molar-refractivity contribution in [3.63, 3.8) is 0 Å². The number of hydrogen-bond donors (Lipinski definition) is 0. The van der Waals surface area contributed by atoms with Crippen molar-refractivity contribution in [1.29, 1.82) is 0 Å². The van der Waals surface area contributed by atoms with Gasteiger partial charge >= 0.3 is 6.18 Å². The predicted octanol–water partition coefficient (Wildman–Crippen LogP) is 15.2. The van der Waals surface area contributed by atoms with Gasteiger partial charge in [0.2, 0.25) is 0 Å². The number of alkyl halides is 3. The van der Waals surface area contributed by atoms with Crippen molar-refractivity contribution < 1.29 is 13.2 Å². The summed E-state index contributed by atoms with van der Waals surface area (Å²) in [5.41, 5.74) is 9.67. The summed E-state index contributed by atoms with van der Waals surface area (Å²) in [6.07, 6.45) is -4.53. The number of hydrogen-bond acceptors (Lipinski definition) is 3. The Bertz CT molecular complexity index is 4000. The molecule has 0 spiro atoms. The maximum Gasteiger partial charge on any atom is 0.416 e. The third kappa shape index (κ3) is 6.01. The van der Waals surface area contributed by atoms with Crippen molar-refractivity contribution in [2.45, 2.75) is 6.18 Å². The van der Waals surface area contributed by atoms with E-state index in [2.05, 4.69) is 88.0 Å². The number of rotatable bonds is 6. The number of fused-ring (bicyclic) bond motifs is 12. The van der Waals surface area contributed by atoms with Crippen molar-refractivity contribution in [3.8, 4) is 51.2 Å². The van der Waals surface area contributed by atoms with Gasteiger partial charge in [-0.1, -0.05) is 140 Å². The van der Waals surface area contributed by atoms with E-state index in [0.29, 0.717) is 23.2 Å². The molecule has 0 saturated heterocycles.